The highest BCUT2D eigenvalue weighted by Gasteiger charge is 2.21. The van der Waals surface area contributed by atoms with Crippen molar-refractivity contribution in [2.75, 3.05) is 24.2 Å². The van der Waals surface area contributed by atoms with E-state index < -0.39 is 10.0 Å². The summed E-state index contributed by atoms with van der Waals surface area (Å²) in [6, 6.07) is 6.29. The molecule has 7 nitrogen and oxygen atoms in total. The number of hydrogen-bond acceptors (Lipinski definition) is 7. The largest absolute Gasteiger partial charge is 0.325 e. The summed E-state index contributed by atoms with van der Waals surface area (Å²) in [4.78, 5) is 12.2. The van der Waals surface area contributed by atoms with Crippen LogP contribution in [0, 0.1) is 6.92 Å². The van der Waals surface area contributed by atoms with E-state index >= 15 is 0 Å². The van der Waals surface area contributed by atoms with E-state index in [1.165, 1.54) is 39.5 Å². The number of rotatable bonds is 8. The van der Waals surface area contributed by atoms with Gasteiger partial charge in [-0.25, -0.2) is 8.42 Å². The van der Waals surface area contributed by atoms with Gasteiger partial charge in [0.15, 0.2) is 4.34 Å². The first-order chi connectivity index (χ1) is 11.9. The standard InChI is InChI=1S/C15H20N4O3S3/c1-4-19(5-2)25(21,22)13-8-6-7-12(9-13)16-14(20)10-23-15-18-17-11(3)24-15/h6-9H,4-5,10H2,1-3H3,(H,16,20). The number of nitrogens with one attached hydrogen (secondary N) is 1. The summed E-state index contributed by atoms with van der Waals surface area (Å²) in [7, 11) is -3.55. The quantitative estimate of drug-likeness (QED) is 0.685. The first kappa shape index (κ1) is 19.8. The second kappa shape index (κ2) is 8.75. The molecular weight excluding hydrogens is 380 g/mol. The normalized spacial score (nSPS) is 11.7. The van der Waals surface area contributed by atoms with Crippen LogP contribution in [0.2, 0.25) is 0 Å². The summed E-state index contributed by atoms with van der Waals surface area (Å²) < 4.78 is 27.2. The SMILES string of the molecule is CCN(CC)S(=O)(=O)c1cccc(NC(=O)CSc2nnc(C)s2)c1. The summed E-state index contributed by atoms with van der Waals surface area (Å²) in [5.41, 5.74) is 0.451. The Balaban J connectivity index is 2.04. The maximum absolute atomic E-state index is 12.5. The van der Waals surface area contributed by atoms with Crippen molar-refractivity contribution in [3.63, 3.8) is 0 Å². The maximum atomic E-state index is 12.5. The number of anilines is 1. The molecule has 0 aliphatic rings. The minimum absolute atomic E-state index is 0.168. The van der Waals surface area contributed by atoms with Crippen molar-refractivity contribution >= 4 is 44.7 Å². The number of aromatic nitrogens is 2. The molecule has 25 heavy (non-hydrogen) atoms. The number of thioether (sulfide) groups is 1. The van der Waals surface area contributed by atoms with Gasteiger partial charge in [-0.1, -0.05) is 43.0 Å². The lowest BCUT2D eigenvalue weighted by molar-refractivity contribution is -0.113. The molecule has 2 rings (SSSR count). The minimum atomic E-state index is -3.55. The molecule has 1 aromatic carbocycles. The first-order valence-electron chi connectivity index (χ1n) is 7.69. The lowest BCUT2D eigenvalue weighted by atomic mass is 10.3. The van der Waals surface area contributed by atoms with E-state index in [4.69, 9.17) is 0 Å². The van der Waals surface area contributed by atoms with Gasteiger partial charge in [0.25, 0.3) is 0 Å². The summed E-state index contributed by atoms with van der Waals surface area (Å²) in [5, 5.41) is 11.4. The predicted octanol–water partition coefficient (Wildman–Crippen LogP) is 2.61. The molecule has 0 aliphatic heterocycles. The average Bonchev–Trinajstić information content (AvgIpc) is 2.99. The molecule has 10 heteroatoms. The zero-order valence-electron chi connectivity index (χ0n) is 14.2. The molecule has 1 N–H and O–H groups in total. The van der Waals surface area contributed by atoms with E-state index in [2.05, 4.69) is 15.5 Å². The Morgan fingerprint density at radius 1 is 1.28 bits per heavy atom. The fourth-order valence-electron chi connectivity index (χ4n) is 2.11. The first-order valence-corrected chi connectivity index (χ1v) is 10.9. The van der Waals surface area contributed by atoms with Crippen molar-refractivity contribution in [2.24, 2.45) is 0 Å². The number of sulfonamides is 1. The summed E-state index contributed by atoms with van der Waals surface area (Å²) in [5.74, 6) is -0.0444. The number of amides is 1. The smallest absolute Gasteiger partial charge is 0.243 e. The van der Waals surface area contributed by atoms with Gasteiger partial charge in [0.05, 0.1) is 10.6 Å². The van der Waals surface area contributed by atoms with Crippen LogP contribution in [0.1, 0.15) is 18.9 Å². The fraction of sp³-hybridized carbons (Fsp3) is 0.400. The molecule has 1 aromatic heterocycles. The Morgan fingerprint density at radius 2 is 2.00 bits per heavy atom. The summed E-state index contributed by atoms with van der Waals surface area (Å²) >= 11 is 2.72. The van der Waals surface area contributed by atoms with Gasteiger partial charge in [-0.15, -0.1) is 10.2 Å². The van der Waals surface area contributed by atoms with Crippen LogP contribution < -0.4 is 5.32 Å². The third-order valence-corrected chi connectivity index (χ3v) is 7.31. The summed E-state index contributed by atoms with van der Waals surface area (Å²) in [6.45, 7) is 6.22. The zero-order valence-corrected chi connectivity index (χ0v) is 16.7. The number of aryl methyl sites for hydroxylation is 1. The molecule has 2 aromatic rings. The Labute approximate surface area is 155 Å². The third kappa shape index (κ3) is 5.24. The molecule has 0 aliphatic carbocycles. The topological polar surface area (TPSA) is 92.3 Å². The minimum Gasteiger partial charge on any atom is -0.325 e. The molecule has 0 unspecified atom stereocenters. The monoisotopic (exact) mass is 400 g/mol. The van der Waals surface area contributed by atoms with Crippen LogP contribution in [0.25, 0.3) is 0 Å². The Bertz CT molecular complexity index is 832. The fourth-order valence-corrected chi connectivity index (χ4v) is 5.23. The molecule has 0 radical (unpaired) electrons. The van der Waals surface area contributed by atoms with Crippen LogP contribution in [0.5, 0.6) is 0 Å². The Morgan fingerprint density at radius 3 is 2.60 bits per heavy atom. The molecule has 0 fully saturated rings. The molecular formula is C15H20N4O3S3. The van der Waals surface area contributed by atoms with Gasteiger partial charge in [-0.05, 0) is 25.1 Å². The van der Waals surface area contributed by atoms with Crippen molar-refractivity contribution < 1.29 is 13.2 Å². The highest BCUT2D eigenvalue weighted by Crippen LogP contribution is 2.23. The number of hydrogen-bond donors (Lipinski definition) is 1. The van der Waals surface area contributed by atoms with Gasteiger partial charge >= 0.3 is 0 Å². The van der Waals surface area contributed by atoms with Crippen molar-refractivity contribution in [1.82, 2.24) is 14.5 Å². The average molecular weight is 401 g/mol. The molecule has 136 valence electrons. The number of benzene rings is 1. The van der Waals surface area contributed by atoms with E-state index in [0.717, 1.165) is 9.35 Å². The van der Waals surface area contributed by atoms with Crippen LogP contribution in [-0.4, -0.2) is 47.7 Å². The van der Waals surface area contributed by atoms with Gasteiger partial charge in [0.2, 0.25) is 15.9 Å². The molecule has 0 saturated carbocycles. The number of nitrogens with zero attached hydrogens (tertiary/aromatic N) is 3. The Kier molecular flexibility index (Phi) is 6.94. The van der Waals surface area contributed by atoms with E-state index in [1.54, 1.807) is 26.0 Å². The molecule has 0 spiro atoms. The van der Waals surface area contributed by atoms with Crippen LogP contribution in [0.4, 0.5) is 5.69 Å². The highest BCUT2D eigenvalue weighted by molar-refractivity contribution is 8.01. The van der Waals surface area contributed by atoms with Crippen molar-refractivity contribution in [2.45, 2.75) is 30.0 Å². The van der Waals surface area contributed by atoms with E-state index in [9.17, 15) is 13.2 Å². The molecule has 0 saturated heterocycles. The van der Waals surface area contributed by atoms with Gasteiger partial charge in [0, 0.05) is 18.8 Å². The van der Waals surface area contributed by atoms with E-state index in [-0.39, 0.29) is 16.6 Å². The van der Waals surface area contributed by atoms with E-state index in [1.807, 2.05) is 6.92 Å². The van der Waals surface area contributed by atoms with Crippen molar-refractivity contribution in [3.05, 3.63) is 29.3 Å². The van der Waals surface area contributed by atoms with Gasteiger partial charge < -0.3 is 5.32 Å². The van der Waals surface area contributed by atoms with Gasteiger partial charge in [-0.2, -0.15) is 4.31 Å². The van der Waals surface area contributed by atoms with Gasteiger partial charge in [-0.3, -0.25) is 4.79 Å². The lowest BCUT2D eigenvalue weighted by Gasteiger charge is -2.18. The molecule has 1 heterocycles. The van der Waals surface area contributed by atoms with Crippen molar-refractivity contribution in [3.8, 4) is 0 Å². The second-order valence-corrected chi connectivity index (χ2v) is 9.38. The van der Waals surface area contributed by atoms with E-state index in [0.29, 0.717) is 18.8 Å². The lowest BCUT2D eigenvalue weighted by Crippen LogP contribution is -2.30. The molecule has 0 atom stereocenters. The van der Waals surface area contributed by atoms with Crippen LogP contribution in [0.15, 0.2) is 33.5 Å². The maximum Gasteiger partial charge on any atom is 0.243 e. The molecule has 0 bridgehead atoms. The van der Waals surface area contributed by atoms with Crippen LogP contribution in [-0.2, 0) is 14.8 Å². The Hall–Kier alpha value is -1.49. The number of carbonyl (C=O) groups is 1. The predicted molar refractivity (Wildman–Crippen MR) is 101 cm³/mol. The summed E-state index contributed by atoms with van der Waals surface area (Å²) in [6.07, 6.45) is 0. The highest BCUT2D eigenvalue weighted by atomic mass is 32.2. The molecule has 1 amide bonds. The second-order valence-electron chi connectivity index (χ2n) is 5.04. The van der Waals surface area contributed by atoms with Crippen molar-refractivity contribution in [1.29, 1.82) is 0 Å². The zero-order chi connectivity index (χ0) is 18.4. The van der Waals surface area contributed by atoms with Gasteiger partial charge in [0.1, 0.15) is 5.01 Å². The van der Waals surface area contributed by atoms with Crippen LogP contribution >= 0.6 is 23.1 Å². The van der Waals surface area contributed by atoms with Crippen LogP contribution in [0.3, 0.4) is 0 Å². The third-order valence-electron chi connectivity index (χ3n) is 3.30. The number of carbonyl (C=O) groups excluding carboxylic acids is 1.